The summed E-state index contributed by atoms with van der Waals surface area (Å²) in [7, 11) is 0. The van der Waals surface area contributed by atoms with Gasteiger partial charge in [-0.05, 0) is 92.1 Å². The predicted octanol–water partition coefficient (Wildman–Crippen LogP) is 7.29. The molecule has 38 heavy (non-hydrogen) atoms. The van der Waals surface area contributed by atoms with Crippen molar-refractivity contribution in [1.29, 1.82) is 0 Å². The van der Waals surface area contributed by atoms with E-state index in [4.69, 9.17) is 4.98 Å². The maximum absolute atomic E-state index is 10.5. The topological polar surface area (TPSA) is 73.6 Å². The smallest absolute Gasteiger partial charge is 0.102 e. The molecule has 3 aliphatic carbocycles. The van der Waals surface area contributed by atoms with E-state index in [-0.39, 0.29) is 12.0 Å². The third kappa shape index (κ3) is 5.77. The highest BCUT2D eigenvalue weighted by Crippen LogP contribution is 2.60. The highest BCUT2D eigenvalue weighted by atomic mass is 32.1. The molecule has 3 fully saturated rings. The molecule has 3 aliphatic rings. The molecule has 5 heteroatoms. The van der Waals surface area contributed by atoms with Gasteiger partial charge in [0.1, 0.15) is 5.01 Å². The van der Waals surface area contributed by atoms with E-state index in [1.807, 2.05) is 6.92 Å². The Bertz CT molecular complexity index is 1040. The molecular weight excluding hydrogens is 490 g/mol. The fourth-order valence-corrected chi connectivity index (χ4v) is 9.34. The first-order valence-electron chi connectivity index (χ1n) is 15.0. The Hall–Kier alpha value is -1.27. The van der Waals surface area contributed by atoms with Crippen LogP contribution in [0.15, 0.2) is 40.8 Å². The van der Waals surface area contributed by atoms with Gasteiger partial charge in [0.05, 0.1) is 18.8 Å². The third-order valence-electron chi connectivity index (χ3n) is 10.7. The van der Waals surface area contributed by atoms with E-state index in [1.54, 1.807) is 16.9 Å². The van der Waals surface area contributed by atoms with E-state index in [1.165, 1.54) is 32.1 Å². The molecule has 3 saturated carbocycles. The van der Waals surface area contributed by atoms with E-state index >= 15 is 0 Å². The minimum atomic E-state index is -0.628. The Kier molecular flexibility index (Phi) is 9.44. The van der Waals surface area contributed by atoms with Crippen molar-refractivity contribution in [2.45, 2.75) is 116 Å². The van der Waals surface area contributed by atoms with Crippen molar-refractivity contribution in [3.05, 3.63) is 51.5 Å². The normalized spacial score (nSPS) is 34.6. The number of rotatable bonds is 9. The monoisotopic (exact) mass is 541 g/mol. The second kappa shape index (κ2) is 12.1. The van der Waals surface area contributed by atoms with E-state index in [2.05, 4.69) is 51.8 Å². The quantitative estimate of drug-likeness (QED) is 0.307. The highest BCUT2D eigenvalue weighted by Gasteiger charge is 2.50. The summed E-state index contributed by atoms with van der Waals surface area (Å²) in [6, 6.07) is 0. The number of hydrogen-bond acceptors (Lipinski definition) is 5. The summed E-state index contributed by atoms with van der Waals surface area (Å²) in [5, 5.41) is 34.1. The number of allylic oxidation sites excluding steroid dienone is 3. The van der Waals surface area contributed by atoms with Crippen LogP contribution in [0, 0.1) is 36.0 Å². The molecular formula is C33H51NO3S. The Morgan fingerprint density at radius 2 is 2.00 bits per heavy atom. The third-order valence-corrected chi connectivity index (χ3v) is 11.9. The van der Waals surface area contributed by atoms with Crippen molar-refractivity contribution in [3.8, 4) is 0 Å². The first kappa shape index (κ1) is 29.7. The fraction of sp³-hybridized carbons (Fsp3) is 0.727. The van der Waals surface area contributed by atoms with E-state index in [0.29, 0.717) is 36.0 Å². The largest absolute Gasteiger partial charge is 0.395 e. The summed E-state index contributed by atoms with van der Waals surface area (Å²) in [4.78, 5) is 4.80. The second-order valence-electron chi connectivity index (χ2n) is 13.3. The molecule has 0 bridgehead atoms. The minimum absolute atomic E-state index is 0.166. The summed E-state index contributed by atoms with van der Waals surface area (Å²) in [5.41, 5.74) is 4.49. The van der Waals surface area contributed by atoms with E-state index in [9.17, 15) is 15.3 Å². The minimum Gasteiger partial charge on any atom is -0.395 e. The molecule has 1 aromatic heterocycles. The van der Waals surface area contributed by atoms with Crippen LogP contribution in [0.1, 0.15) is 103 Å². The van der Waals surface area contributed by atoms with Crippen LogP contribution >= 0.6 is 11.3 Å². The lowest BCUT2D eigenvalue weighted by Gasteiger charge is -2.44. The van der Waals surface area contributed by atoms with Gasteiger partial charge >= 0.3 is 0 Å². The van der Waals surface area contributed by atoms with Gasteiger partial charge < -0.3 is 15.3 Å². The van der Waals surface area contributed by atoms with Crippen LogP contribution in [-0.2, 0) is 5.41 Å². The molecule has 3 N–H and O–H groups in total. The molecule has 0 spiro atoms. The molecule has 1 heterocycles. The standard InChI is InChI=1S/C33H51NO3S/c1-21(2)33(20-35,31-34-23(4)19-38-31)16-7-9-22(3)28-13-14-29-25(10-8-15-32(28,29)6)11-12-26-17-27(36)18-30(37)24(26)5/h11-12,19,21-22,27-30,35-37H,5,7-10,13-18,20H2,1-4,6H3/b25-11-,26-12+/t22?,27-,28-,29?,30-,32-,33-/m1/s1. The average Bonchev–Trinajstić information content (AvgIpc) is 3.46. The fourth-order valence-electron chi connectivity index (χ4n) is 8.17. The lowest BCUT2D eigenvalue weighted by Crippen LogP contribution is -2.37. The van der Waals surface area contributed by atoms with Crippen LogP contribution in [0.4, 0.5) is 0 Å². The van der Waals surface area contributed by atoms with Crippen LogP contribution in [-0.4, -0.2) is 39.1 Å². The summed E-state index contributed by atoms with van der Waals surface area (Å²) >= 11 is 1.71. The number of aliphatic hydroxyl groups excluding tert-OH is 3. The number of hydrogen-bond donors (Lipinski definition) is 3. The van der Waals surface area contributed by atoms with Crippen molar-refractivity contribution in [3.63, 3.8) is 0 Å². The molecule has 0 amide bonds. The lowest BCUT2D eigenvalue weighted by molar-refractivity contribution is 0.0860. The molecule has 4 nitrogen and oxygen atoms in total. The molecule has 7 atom stereocenters. The van der Waals surface area contributed by atoms with Crippen LogP contribution in [0.25, 0.3) is 0 Å². The summed E-state index contributed by atoms with van der Waals surface area (Å²) in [6.45, 7) is 15.8. The van der Waals surface area contributed by atoms with Gasteiger partial charge in [0, 0.05) is 22.9 Å². The Morgan fingerprint density at radius 3 is 2.66 bits per heavy atom. The van der Waals surface area contributed by atoms with Gasteiger partial charge in [-0.2, -0.15) is 0 Å². The van der Waals surface area contributed by atoms with Gasteiger partial charge in [0.2, 0.25) is 0 Å². The number of fused-ring (bicyclic) bond motifs is 1. The van der Waals surface area contributed by atoms with Gasteiger partial charge in [-0.1, -0.05) is 64.8 Å². The zero-order chi connectivity index (χ0) is 27.7. The SMILES string of the molecule is C=C1/C(=C/C=C2/CCC[C@@]3(C)C2CC[C@@H]3C(C)CCC[C@](CO)(c2nc(C)cs2)C(C)C)C[C@@H](O)C[C@H]1O. The maximum Gasteiger partial charge on any atom is 0.102 e. The summed E-state index contributed by atoms with van der Waals surface area (Å²) < 4.78 is 0. The van der Waals surface area contributed by atoms with Crippen molar-refractivity contribution >= 4 is 11.3 Å². The maximum atomic E-state index is 10.5. The van der Waals surface area contributed by atoms with E-state index < -0.39 is 12.2 Å². The van der Waals surface area contributed by atoms with Crippen molar-refractivity contribution < 1.29 is 15.3 Å². The molecule has 2 unspecified atom stereocenters. The van der Waals surface area contributed by atoms with Crippen molar-refractivity contribution in [2.24, 2.45) is 29.1 Å². The zero-order valence-corrected chi connectivity index (χ0v) is 25.2. The lowest BCUT2D eigenvalue weighted by atomic mass is 9.60. The van der Waals surface area contributed by atoms with E-state index in [0.717, 1.165) is 47.0 Å². The van der Waals surface area contributed by atoms with Crippen LogP contribution in [0.2, 0.25) is 0 Å². The van der Waals surface area contributed by atoms with Gasteiger partial charge in [-0.25, -0.2) is 4.98 Å². The number of aryl methyl sites for hydroxylation is 1. The predicted molar refractivity (Wildman–Crippen MR) is 158 cm³/mol. The summed E-state index contributed by atoms with van der Waals surface area (Å²) in [6.07, 6.45) is 13.9. The summed E-state index contributed by atoms with van der Waals surface area (Å²) in [5.74, 6) is 2.36. The number of aliphatic hydroxyl groups is 3. The Balaban J connectivity index is 1.43. The average molecular weight is 542 g/mol. The van der Waals surface area contributed by atoms with Gasteiger partial charge in [0.15, 0.2) is 0 Å². The van der Waals surface area contributed by atoms with Gasteiger partial charge in [-0.3, -0.25) is 0 Å². The number of aromatic nitrogens is 1. The molecule has 4 rings (SSSR count). The highest BCUT2D eigenvalue weighted by molar-refractivity contribution is 7.09. The molecule has 0 aromatic carbocycles. The molecule has 1 aromatic rings. The van der Waals surface area contributed by atoms with Crippen LogP contribution < -0.4 is 0 Å². The van der Waals surface area contributed by atoms with Crippen LogP contribution in [0.5, 0.6) is 0 Å². The number of nitrogens with zero attached hydrogens (tertiary/aromatic N) is 1. The Morgan fingerprint density at radius 1 is 1.24 bits per heavy atom. The van der Waals surface area contributed by atoms with Gasteiger partial charge in [0.25, 0.3) is 0 Å². The first-order valence-corrected chi connectivity index (χ1v) is 15.9. The number of thiazole rings is 1. The van der Waals surface area contributed by atoms with Crippen molar-refractivity contribution in [1.82, 2.24) is 4.98 Å². The molecule has 0 aliphatic heterocycles. The zero-order valence-electron chi connectivity index (χ0n) is 24.4. The van der Waals surface area contributed by atoms with Gasteiger partial charge in [-0.15, -0.1) is 11.3 Å². The second-order valence-corrected chi connectivity index (χ2v) is 14.2. The van der Waals surface area contributed by atoms with Crippen molar-refractivity contribution in [2.75, 3.05) is 6.61 Å². The molecule has 212 valence electrons. The molecule has 0 radical (unpaired) electrons. The van der Waals surface area contributed by atoms with Crippen LogP contribution in [0.3, 0.4) is 0 Å². The first-order chi connectivity index (χ1) is 18.0. The molecule has 0 saturated heterocycles. The Labute approximate surface area is 235 Å².